The molecule has 4 rings (SSSR count). The Bertz CT molecular complexity index is 776. The van der Waals surface area contributed by atoms with E-state index in [1.165, 1.54) is 33.7 Å². The van der Waals surface area contributed by atoms with Crippen molar-refractivity contribution in [1.82, 2.24) is 0 Å². The predicted molar refractivity (Wildman–Crippen MR) is 97.7 cm³/mol. The van der Waals surface area contributed by atoms with Crippen LogP contribution in [0, 0.1) is 5.41 Å². The molecule has 2 heterocycles. The van der Waals surface area contributed by atoms with Crippen LogP contribution in [0.2, 0.25) is 0 Å². The molecule has 2 aliphatic carbocycles. The van der Waals surface area contributed by atoms with E-state index in [2.05, 4.69) is 64.2 Å². The molecule has 0 fully saturated rings. The molecular formula is C21H22N2. The van der Waals surface area contributed by atoms with Crippen molar-refractivity contribution in [2.45, 2.75) is 40.5 Å². The van der Waals surface area contributed by atoms with Crippen LogP contribution in [0.4, 0.5) is 0 Å². The van der Waals surface area contributed by atoms with E-state index in [4.69, 9.17) is 9.98 Å². The molecule has 0 aromatic heterocycles. The topological polar surface area (TPSA) is 24.7 Å². The molecule has 0 aromatic carbocycles. The number of hydrogen-bond acceptors (Lipinski definition) is 2. The summed E-state index contributed by atoms with van der Waals surface area (Å²) in [5.41, 5.74) is 9.97. The van der Waals surface area contributed by atoms with E-state index in [0.717, 1.165) is 24.2 Å². The summed E-state index contributed by atoms with van der Waals surface area (Å²) in [7, 11) is 0. The van der Waals surface area contributed by atoms with E-state index < -0.39 is 0 Å². The zero-order valence-electron chi connectivity index (χ0n) is 14.3. The fourth-order valence-corrected chi connectivity index (χ4v) is 4.18. The predicted octanol–water partition coefficient (Wildman–Crippen LogP) is 5.24. The minimum Gasteiger partial charge on any atom is -0.252 e. The Hall–Kier alpha value is -2.22. The van der Waals surface area contributed by atoms with Crippen molar-refractivity contribution in [2.75, 3.05) is 0 Å². The van der Waals surface area contributed by atoms with Gasteiger partial charge in [0.25, 0.3) is 0 Å². The van der Waals surface area contributed by atoms with Crippen LogP contribution in [0.25, 0.3) is 0 Å². The van der Waals surface area contributed by atoms with Gasteiger partial charge in [0.05, 0.1) is 11.4 Å². The fourth-order valence-electron chi connectivity index (χ4n) is 4.18. The van der Waals surface area contributed by atoms with Gasteiger partial charge in [-0.2, -0.15) is 0 Å². The van der Waals surface area contributed by atoms with Gasteiger partial charge < -0.3 is 0 Å². The first-order valence-electron chi connectivity index (χ1n) is 8.50. The summed E-state index contributed by atoms with van der Waals surface area (Å²) in [6, 6.07) is 0. The highest BCUT2D eigenvalue weighted by Gasteiger charge is 2.41. The van der Waals surface area contributed by atoms with Crippen LogP contribution in [-0.2, 0) is 0 Å². The molecular weight excluding hydrogens is 280 g/mol. The molecule has 0 aromatic rings. The Balaban J connectivity index is 1.92. The lowest BCUT2D eigenvalue weighted by Crippen LogP contribution is -2.27. The van der Waals surface area contributed by atoms with Gasteiger partial charge in [-0.15, -0.1) is 0 Å². The Morgan fingerprint density at radius 1 is 0.783 bits per heavy atom. The number of nitrogens with zero attached hydrogens (tertiary/aromatic N) is 2. The van der Waals surface area contributed by atoms with Crippen LogP contribution in [-0.4, -0.2) is 11.4 Å². The number of aliphatic imine (C=N–C) groups is 2. The zero-order chi connectivity index (χ0) is 16.2. The third-order valence-electron chi connectivity index (χ3n) is 5.13. The normalized spacial score (nSPS) is 21.7. The van der Waals surface area contributed by atoms with Crippen LogP contribution in [0.5, 0.6) is 0 Å². The van der Waals surface area contributed by atoms with Crippen LogP contribution in [0.3, 0.4) is 0 Å². The maximum absolute atomic E-state index is 4.87. The maximum atomic E-state index is 4.87. The summed E-state index contributed by atoms with van der Waals surface area (Å²) in [5, 5.41) is 0. The molecule has 0 N–H and O–H groups in total. The van der Waals surface area contributed by atoms with E-state index in [1.54, 1.807) is 0 Å². The Kier molecular flexibility index (Phi) is 3.06. The molecule has 0 saturated carbocycles. The molecule has 0 bridgehead atoms. The van der Waals surface area contributed by atoms with Crippen LogP contribution >= 0.6 is 0 Å². The minimum absolute atomic E-state index is 0.0944. The van der Waals surface area contributed by atoms with Crippen LogP contribution in [0.15, 0.2) is 80.1 Å². The maximum Gasteiger partial charge on any atom is 0.0709 e. The molecule has 0 saturated heterocycles. The first-order chi connectivity index (χ1) is 11.1. The number of allylic oxidation sites excluding steroid dienone is 8. The molecule has 2 aliphatic heterocycles. The summed E-state index contributed by atoms with van der Waals surface area (Å²) >= 11 is 0. The Morgan fingerprint density at radius 2 is 1.22 bits per heavy atom. The van der Waals surface area contributed by atoms with Gasteiger partial charge in [-0.25, -0.2) is 0 Å². The van der Waals surface area contributed by atoms with E-state index in [0.29, 0.717) is 0 Å². The summed E-state index contributed by atoms with van der Waals surface area (Å²) in [4.78, 5) is 9.74. The van der Waals surface area contributed by atoms with E-state index in [1.807, 2.05) is 0 Å². The molecule has 0 radical (unpaired) electrons. The first-order valence-corrected chi connectivity index (χ1v) is 8.50. The third-order valence-corrected chi connectivity index (χ3v) is 5.13. The molecule has 0 amide bonds. The Labute approximate surface area is 138 Å². The highest BCUT2D eigenvalue weighted by molar-refractivity contribution is 6.13. The van der Waals surface area contributed by atoms with Crippen LogP contribution < -0.4 is 0 Å². The van der Waals surface area contributed by atoms with Gasteiger partial charge in [-0.05, 0) is 36.1 Å². The molecule has 116 valence electrons. The summed E-state index contributed by atoms with van der Waals surface area (Å²) in [6.07, 6.45) is 14.8. The average molecular weight is 302 g/mol. The third kappa shape index (κ3) is 1.87. The van der Waals surface area contributed by atoms with E-state index in [-0.39, 0.29) is 5.41 Å². The smallest absolute Gasteiger partial charge is 0.0709 e. The van der Waals surface area contributed by atoms with E-state index in [9.17, 15) is 0 Å². The highest BCUT2D eigenvalue weighted by Crippen LogP contribution is 2.49. The van der Waals surface area contributed by atoms with Crippen LogP contribution in [0.1, 0.15) is 40.5 Å². The van der Waals surface area contributed by atoms with Crippen molar-refractivity contribution in [1.29, 1.82) is 0 Å². The number of rotatable bonds is 4. The molecule has 2 nitrogen and oxygen atoms in total. The lowest BCUT2D eigenvalue weighted by molar-refractivity contribution is 0.577. The quantitative estimate of drug-likeness (QED) is 0.678. The lowest BCUT2D eigenvalue weighted by Gasteiger charge is -2.31. The second-order valence-corrected chi connectivity index (χ2v) is 6.85. The second kappa shape index (κ2) is 4.89. The summed E-state index contributed by atoms with van der Waals surface area (Å²) < 4.78 is 0. The molecule has 4 aliphatic rings. The lowest BCUT2D eigenvalue weighted by atomic mass is 9.70. The van der Waals surface area contributed by atoms with Gasteiger partial charge in [0.2, 0.25) is 0 Å². The highest BCUT2D eigenvalue weighted by atomic mass is 14.8. The molecule has 23 heavy (non-hydrogen) atoms. The first kappa shape index (κ1) is 14.4. The van der Waals surface area contributed by atoms with Gasteiger partial charge in [0.15, 0.2) is 0 Å². The largest absolute Gasteiger partial charge is 0.252 e. The van der Waals surface area contributed by atoms with Crippen molar-refractivity contribution in [2.24, 2.45) is 15.4 Å². The second-order valence-electron chi connectivity index (χ2n) is 6.85. The van der Waals surface area contributed by atoms with Gasteiger partial charge in [-0.1, -0.05) is 52.0 Å². The van der Waals surface area contributed by atoms with Crippen molar-refractivity contribution >= 4 is 11.4 Å². The monoisotopic (exact) mass is 302 g/mol. The molecule has 0 unspecified atom stereocenters. The fraction of sp³-hybridized carbons (Fsp3) is 0.333. The molecule has 2 heteroatoms. The van der Waals surface area contributed by atoms with Gasteiger partial charge >= 0.3 is 0 Å². The zero-order valence-corrected chi connectivity index (χ0v) is 14.3. The van der Waals surface area contributed by atoms with Crippen molar-refractivity contribution in [3.05, 3.63) is 70.1 Å². The van der Waals surface area contributed by atoms with Gasteiger partial charge in [-0.3, -0.25) is 9.98 Å². The number of hydrogen-bond donors (Lipinski definition) is 0. The SMILES string of the molecule is CCC1=NC2=CC=CC2=C1C(C)(C)C1=C2C=CC=C2N=C1CC. The summed E-state index contributed by atoms with van der Waals surface area (Å²) in [5.74, 6) is 0. The van der Waals surface area contributed by atoms with Gasteiger partial charge in [0.1, 0.15) is 0 Å². The van der Waals surface area contributed by atoms with Crippen molar-refractivity contribution < 1.29 is 0 Å². The average Bonchev–Trinajstić information content (AvgIpc) is 3.24. The standard InChI is InChI=1S/C21H22N2/c1-5-15-19(13-9-7-11-17(13)22-15)21(3,4)20-14-10-8-12-18(14)23-16(20)6-2/h7-12H,5-6H2,1-4H3. The molecule has 0 spiro atoms. The summed E-state index contributed by atoms with van der Waals surface area (Å²) in [6.45, 7) is 9.06. The van der Waals surface area contributed by atoms with E-state index >= 15 is 0 Å². The number of fused-ring (bicyclic) bond motifs is 2. The minimum atomic E-state index is -0.0944. The van der Waals surface area contributed by atoms with Gasteiger partial charge in [0, 0.05) is 28.0 Å². The molecule has 0 atom stereocenters. The Morgan fingerprint density at radius 3 is 1.61 bits per heavy atom. The van der Waals surface area contributed by atoms with Crippen molar-refractivity contribution in [3.8, 4) is 0 Å². The van der Waals surface area contributed by atoms with Crippen molar-refractivity contribution in [3.63, 3.8) is 0 Å².